The van der Waals surface area contributed by atoms with Crippen LogP contribution < -0.4 is 10.9 Å². The van der Waals surface area contributed by atoms with Crippen molar-refractivity contribution < 1.29 is 9.90 Å². The molecular weight excluding hydrogens is 306 g/mol. The van der Waals surface area contributed by atoms with Gasteiger partial charge in [0, 0.05) is 12.7 Å². The Morgan fingerprint density at radius 1 is 1.25 bits per heavy atom. The molecule has 2 heterocycles. The van der Waals surface area contributed by atoms with Crippen LogP contribution in [0.15, 0.2) is 23.1 Å². The smallest absolute Gasteiger partial charge is 0.274 e. The van der Waals surface area contributed by atoms with Crippen LogP contribution in [0.1, 0.15) is 61.4 Å². The van der Waals surface area contributed by atoms with Crippen LogP contribution >= 0.6 is 0 Å². The van der Waals surface area contributed by atoms with Crippen molar-refractivity contribution in [1.29, 1.82) is 0 Å². The number of fused-ring (bicyclic) bond motifs is 1. The van der Waals surface area contributed by atoms with E-state index in [0.717, 1.165) is 24.8 Å². The fourth-order valence-electron chi connectivity index (χ4n) is 2.68. The van der Waals surface area contributed by atoms with Gasteiger partial charge in [-0.25, -0.2) is 0 Å². The molecule has 130 valence electrons. The lowest BCUT2D eigenvalue weighted by molar-refractivity contribution is 0.0947. The van der Waals surface area contributed by atoms with Crippen LogP contribution in [0.25, 0.3) is 5.65 Å². The third kappa shape index (κ3) is 4.13. The van der Waals surface area contributed by atoms with E-state index in [2.05, 4.69) is 17.2 Å². The number of carbonyl (C=O) groups is 1. The maximum atomic E-state index is 12.5. The lowest BCUT2D eigenvalue weighted by atomic mass is 10.1. The fourth-order valence-corrected chi connectivity index (χ4v) is 2.68. The molecule has 6 nitrogen and oxygen atoms in total. The molecule has 2 rings (SSSR count). The zero-order valence-corrected chi connectivity index (χ0v) is 14.3. The molecule has 6 heteroatoms. The predicted octanol–water partition coefficient (Wildman–Crippen LogP) is 2.80. The summed E-state index contributed by atoms with van der Waals surface area (Å²) in [6.45, 7) is 4.45. The second-order valence-corrected chi connectivity index (χ2v) is 6.02. The molecule has 24 heavy (non-hydrogen) atoms. The highest BCUT2D eigenvalue weighted by Gasteiger charge is 2.19. The number of nitrogens with one attached hydrogen (secondary N) is 1. The van der Waals surface area contributed by atoms with Crippen LogP contribution in [0.3, 0.4) is 0 Å². The standard InChI is InChI=1S/C18H25N3O3/c1-3-4-5-6-7-8-11-19-16(22)14-17(23)20-15-13(2)10-9-12-21(15)18(14)24/h9-10,12,23H,3-8,11H2,1-2H3,(H,19,22). The summed E-state index contributed by atoms with van der Waals surface area (Å²) in [4.78, 5) is 28.7. The van der Waals surface area contributed by atoms with Gasteiger partial charge in [-0.05, 0) is 25.0 Å². The van der Waals surface area contributed by atoms with Crippen molar-refractivity contribution in [3.8, 4) is 5.88 Å². The summed E-state index contributed by atoms with van der Waals surface area (Å²) in [5.74, 6) is -1.09. The quantitative estimate of drug-likeness (QED) is 0.729. The number of aryl methyl sites for hydroxylation is 1. The molecule has 0 aromatic carbocycles. The van der Waals surface area contributed by atoms with E-state index in [1.54, 1.807) is 25.3 Å². The van der Waals surface area contributed by atoms with Gasteiger partial charge < -0.3 is 10.4 Å². The zero-order chi connectivity index (χ0) is 17.5. The Labute approximate surface area is 141 Å². The first-order chi connectivity index (χ1) is 11.6. The minimum atomic E-state index is -0.575. The first-order valence-corrected chi connectivity index (χ1v) is 8.55. The number of aromatic nitrogens is 2. The van der Waals surface area contributed by atoms with Crippen molar-refractivity contribution >= 4 is 11.6 Å². The van der Waals surface area contributed by atoms with Gasteiger partial charge in [0.1, 0.15) is 5.65 Å². The molecule has 0 saturated heterocycles. The van der Waals surface area contributed by atoms with Crippen molar-refractivity contribution in [3.63, 3.8) is 0 Å². The third-order valence-electron chi connectivity index (χ3n) is 4.07. The zero-order valence-electron chi connectivity index (χ0n) is 14.3. The van der Waals surface area contributed by atoms with Gasteiger partial charge in [0.2, 0.25) is 5.88 Å². The van der Waals surface area contributed by atoms with Crippen LogP contribution in [0.2, 0.25) is 0 Å². The van der Waals surface area contributed by atoms with E-state index in [1.807, 2.05) is 0 Å². The third-order valence-corrected chi connectivity index (χ3v) is 4.07. The van der Waals surface area contributed by atoms with Gasteiger partial charge in [-0.1, -0.05) is 45.1 Å². The Morgan fingerprint density at radius 3 is 2.71 bits per heavy atom. The SMILES string of the molecule is CCCCCCCCNC(=O)c1c(O)nc2c(C)cccn2c1=O. The highest BCUT2D eigenvalue weighted by molar-refractivity contribution is 5.96. The van der Waals surface area contributed by atoms with Gasteiger partial charge in [0.25, 0.3) is 11.5 Å². The molecule has 0 atom stereocenters. The molecule has 0 spiro atoms. The monoisotopic (exact) mass is 331 g/mol. The molecule has 0 aliphatic heterocycles. The molecule has 0 unspecified atom stereocenters. The van der Waals surface area contributed by atoms with Gasteiger partial charge in [0.05, 0.1) is 0 Å². The first-order valence-electron chi connectivity index (χ1n) is 8.55. The number of hydrogen-bond donors (Lipinski definition) is 2. The van der Waals surface area contributed by atoms with Gasteiger partial charge >= 0.3 is 0 Å². The minimum Gasteiger partial charge on any atom is -0.493 e. The van der Waals surface area contributed by atoms with E-state index >= 15 is 0 Å². The number of nitrogens with zero attached hydrogens (tertiary/aromatic N) is 2. The van der Waals surface area contributed by atoms with Crippen LogP contribution in [0, 0.1) is 6.92 Å². The number of amides is 1. The molecule has 0 aliphatic rings. The molecule has 1 amide bonds. The summed E-state index contributed by atoms with van der Waals surface area (Å²) in [5, 5.41) is 12.7. The number of aromatic hydroxyl groups is 1. The summed E-state index contributed by atoms with van der Waals surface area (Å²) in [6.07, 6.45) is 8.24. The summed E-state index contributed by atoms with van der Waals surface area (Å²) in [6, 6.07) is 3.50. The lowest BCUT2D eigenvalue weighted by Crippen LogP contribution is -2.32. The molecule has 0 saturated carbocycles. The van der Waals surface area contributed by atoms with Crippen molar-refractivity contribution in [2.75, 3.05) is 6.54 Å². The topological polar surface area (TPSA) is 83.7 Å². The summed E-state index contributed by atoms with van der Waals surface area (Å²) in [7, 11) is 0. The summed E-state index contributed by atoms with van der Waals surface area (Å²) in [5.41, 5.74) is 0.252. The average molecular weight is 331 g/mol. The second-order valence-electron chi connectivity index (χ2n) is 6.02. The molecule has 0 fully saturated rings. The van der Waals surface area contributed by atoms with Crippen molar-refractivity contribution in [1.82, 2.24) is 14.7 Å². The molecule has 0 bridgehead atoms. The number of hydrogen-bond acceptors (Lipinski definition) is 4. The maximum Gasteiger partial charge on any atom is 0.274 e. The highest BCUT2D eigenvalue weighted by Crippen LogP contribution is 2.13. The Morgan fingerprint density at radius 2 is 1.96 bits per heavy atom. The fraction of sp³-hybridized carbons (Fsp3) is 0.500. The molecule has 0 radical (unpaired) electrons. The van der Waals surface area contributed by atoms with Crippen molar-refractivity contribution in [2.24, 2.45) is 0 Å². The average Bonchev–Trinajstić information content (AvgIpc) is 2.55. The maximum absolute atomic E-state index is 12.5. The number of rotatable bonds is 8. The van der Waals surface area contributed by atoms with Crippen LogP contribution in [0.5, 0.6) is 5.88 Å². The van der Waals surface area contributed by atoms with Crippen molar-refractivity contribution in [2.45, 2.75) is 52.4 Å². The van der Waals surface area contributed by atoms with Gasteiger partial charge in [-0.3, -0.25) is 14.0 Å². The van der Waals surface area contributed by atoms with Crippen LogP contribution in [0.4, 0.5) is 0 Å². The largest absolute Gasteiger partial charge is 0.493 e. The van der Waals surface area contributed by atoms with E-state index in [9.17, 15) is 14.7 Å². The summed E-state index contributed by atoms with van der Waals surface area (Å²) >= 11 is 0. The first kappa shape index (κ1) is 18.0. The molecular formula is C18H25N3O3. The predicted molar refractivity (Wildman–Crippen MR) is 93.6 cm³/mol. The Kier molecular flexibility index (Phi) is 6.35. The van der Waals surface area contributed by atoms with Gasteiger partial charge in [-0.15, -0.1) is 0 Å². The van der Waals surface area contributed by atoms with E-state index < -0.39 is 17.3 Å². The number of pyridine rings is 1. The molecule has 0 aliphatic carbocycles. The van der Waals surface area contributed by atoms with Crippen molar-refractivity contribution in [3.05, 3.63) is 39.8 Å². The van der Waals surface area contributed by atoms with Gasteiger partial charge in [-0.2, -0.15) is 4.98 Å². The van der Waals surface area contributed by atoms with E-state index in [1.165, 1.54) is 23.7 Å². The van der Waals surface area contributed by atoms with Crippen LogP contribution in [-0.4, -0.2) is 26.9 Å². The Balaban J connectivity index is 2.04. The minimum absolute atomic E-state index is 0.302. The molecule has 2 aromatic rings. The number of carbonyl (C=O) groups excluding carboxylic acids is 1. The molecule has 2 N–H and O–H groups in total. The summed E-state index contributed by atoms with van der Waals surface area (Å²) < 4.78 is 1.29. The van der Waals surface area contributed by atoms with E-state index in [4.69, 9.17) is 0 Å². The lowest BCUT2D eigenvalue weighted by Gasteiger charge is -2.09. The van der Waals surface area contributed by atoms with E-state index in [0.29, 0.717) is 12.2 Å². The Bertz CT molecular complexity index is 768. The second kappa shape index (κ2) is 8.47. The highest BCUT2D eigenvalue weighted by atomic mass is 16.3. The van der Waals surface area contributed by atoms with Crippen LogP contribution in [-0.2, 0) is 0 Å². The Hall–Kier alpha value is -2.37. The van der Waals surface area contributed by atoms with E-state index in [-0.39, 0.29) is 5.56 Å². The van der Waals surface area contributed by atoms with Gasteiger partial charge in [0.15, 0.2) is 5.56 Å². The normalized spacial score (nSPS) is 10.9. The molecule has 2 aromatic heterocycles. The number of unbranched alkanes of at least 4 members (excludes halogenated alkanes) is 5.